The molecule has 1 amide bonds. The lowest BCUT2D eigenvalue weighted by atomic mass is 9.79. The van der Waals surface area contributed by atoms with Crippen LogP contribution in [-0.2, 0) is 4.79 Å². The van der Waals surface area contributed by atoms with Crippen molar-refractivity contribution in [3.05, 3.63) is 29.8 Å². The van der Waals surface area contributed by atoms with Gasteiger partial charge in [-0.2, -0.15) is 8.78 Å². The summed E-state index contributed by atoms with van der Waals surface area (Å²) in [7, 11) is 0. The molecule has 1 aliphatic carbocycles. The van der Waals surface area contributed by atoms with Crippen molar-refractivity contribution in [2.24, 2.45) is 0 Å². The van der Waals surface area contributed by atoms with E-state index in [-0.39, 0.29) is 12.8 Å². The zero-order chi connectivity index (χ0) is 18.8. The fraction of sp³-hybridized carbons (Fsp3) is 0.650. The molecule has 1 aliphatic heterocycles. The normalized spacial score (nSPS) is 21.5. The fourth-order valence-electron chi connectivity index (χ4n) is 4.00. The molecule has 0 spiro atoms. The Balaban J connectivity index is 1.69. The van der Waals surface area contributed by atoms with E-state index in [1.807, 2.05) is 24.3 Å². The maximum atomic E-state index is 14.6. The van der Waals surface area contributed by atoms with Gasteiger partial charge in [-0.25, -0.2) is 0 Å². The second-order valence-electron chi connectivity index (χ2n) is 7.65. The molecule has 1 atom stereocenters. The number of alkyl halides is 2. The van der Waals surface area contributed by atoms with Crippen molar-refractivity contribution in [3.63, 3.8) is 0 Å². The predicted molar refractivity (Wildman–Crippen MR) is 97.4 cm³/mol. The van der Waals surface area contributed by atoms with Crippen LogP contribution < -0.4 is 10.2 Å². The van der Waals surface area contributed by atoms with Gasteiger partial charge in [-0.3, -0.25) is 4.79 Å². The summed E-state index contributed by atoms with van der Waals surface area (Å²) in [4.78, 5) is 14.5. The molecule has 2 aliphatic rings. The monoisotopic (exact) mass is 366 g/mol. The standard InChI is InChI=1S/C20H28F2N2O2/c1-15(16-8-7-9-17(14-16)24-12-5-6-13-24)23-18(25)20(21,22)19(26)10-3-2-4-11-19/h7-9,14-15,26H,2-6,10-13H2,1H3,(H,23,25)/t15-/m0/s1. The van der Waals surface area contributed by atoms with E-state index >= 15 is 0 Å². The number of benzene rings is 1. The molecular weight excluding hydrogens is 338 g/mol. The van der Waals surface area contributed by atoms with Crippen molar-refractivity contribution in [1.29, 1.82) is 0 Å². The lowest BCUT2D eigenvalue weighted by Gasteiger charge is -2.38. The van der Waals surface area contributed by atoms with Gasteiger partial charge in [-0.05, 0) is 50.3 Å². The second-order valence-corrected chi connectivity index (χ2v) is 7.65. The van der Waals surface area contributed by atoms with Gasteiger partial charge in [0.2, 0.25) is 0 Å². The molecule has 0 unspecified atom stereocenters. The van der Waals surface area contributed by atoms with E-state index in [1.54, 1.807) is 6.92 Å². The van der Waals surface area contributed by atoms with Crippen molar-refractivity contribution < 1.29 is 18.7 Å². The Morgan fingerprint density at radius 3 is 2.50 bits per heavy atom. The van der Waals surface area contributed by atoms with Gasteiger partial charge in [0.05, 0.1) is 6.04 Å². The zero-order valence-corrected chi connectivity index (χ0v) is 15.3. The molecule has 0 radical (unpaired) electrons. The summed E-state index contributed by atoms with van der Waals surface area (Å²) in [6, 6.07) is 7.12. The molecule has 26 heavy (non-hydrogen) atoms. The molecule has 1 heterocycles. The van der Waals surface area contributed by atoms with Crippen molar-refractivity contribution >= 4 is 11.6 Å². The lowest BCUT2D eigenvalue weighted by Crippen LogP contribution is -2.58. The maximum Gasteiger partial charge on any atom is 0.352 e. The van der Waals surface area contributed by atoms with Crippen molar-refractivity contribution in [2.75, 3.05) is 18.0 Å². The van der Waals surface area contributed by atoms with Crippen molar-refractivity contribution in [3.8, 4) is 0 Å². The van der Waals surface area contributed by atoms with Crippen LogP contribution in [0.3, 0.4) is 0 Å². The highest BCUT2D eigenvalue weighted by Gasteiger charge is 2.58. The van der Waals surface area contributed by atoms with E-state index in [0.717, 1.165) is 43.6 Å². The Kier molecular flexibility index (Phi) is 5.51. The molecule has 4 nitrogen and oxygen atoms in total. The third-order valence-electron chi connectivity index (χ3n) is 5.74. The Bertz CT molecular complexity index is 638. The highest BCUT2D eigenvalue weighted by atomic mass is 19.3. The molecule has 1 saturated carbocycles. The molecule has 1 aromatic rings. The molecule has 0 aromatic heterocycles. The quantitative estimate of drug-likeness (QED) is 0.834. The summed E-state index contributed by atoms with van der Waals surface area (Å²) >= 11 is 0. The minimum Gasteiger partial charge on any atom is -0.383 e. The van der Waals surface area contributed by atoms with Crippen LogP contribution in [-0.4, -0.2) is 35.6 Å². The van der Waals surface area contributed by atoms with E-state index in [2.05, 4.69) is 10.2 Å². The topological polar surface area (TPSA) is 52.6 Å². The summed E-state index contributed by atoms with van der Waals surface area (Å²) < 4.78 is 29.2. The average molecular weight is 366 g/mol. The lowest BCUT2D eigenvalue weighted by molar-refractivity contribution is -0.201. The Hall–Kier alpha value is -1.69. The summed E-state index contributed by atoms with van der Waals surface area (Å²) in [5, 5.41) is 12.7. The first-order valence-corrected chi connectivity index (χ1v) is 9.59. The zero-order valence-electron chi connectivity index (χ0n) is 15.3. The maximum absolute atomic E-state index is 14.6. The summed E-state index contributed by atoms with van der Waals surface area (Å²) in [5.74, 6) is -5.17. The van der Waals surface area contributed by atoms with Gasteiger partial charge < -0.3 is 15.3 Å². The highest BCUT2D eigenvalue weighted by molar-refractivity contribution is 5.85. The van der Waals surface area contributed by atoms with E-state index in [1.165, 1.54) is 0 Å². The van der Waals surface area contributed by atoms with Crippen LogP contribution in [0.5, 0.6) is 0 Å². The second kappa shape index (κ2) is 7.51. The van der Waals surface area contributed by atoms with Crippen LogP contribution >= 0.6 is 0 Å². The Morgan fingerprint density at radius 1 is 1.19 bits per heavy atom. The van der Waals surface area contributed by atoms with Crippen LogP contribution in [0.1, 0.15) is 63.5 Å². The smallest absolute Gasteiger partial charge is 0.352 e. The van der Waals surface area contributed by atoms with Crippen molar-refractivity contribution in [1.82, 2.24) is 5.32 Å². The number of aliphatic hydroxyl groups is 1. The number of nitrogens with zero attached hydrogens (tertiary/aromatic N) is 1. The molecule has 0 bridgehead atoms. The average Bonchev–Trinajstić information content (AvgIpc) is 3.17. The number of hydrogen-bond acceptors (Lipinski definition) is 3. The number of hydrogen-bond donors (Lipinski definition) is 2. The number of carbonyl (C=O) groups is 1. The van der Waals surface area contributed by atoms with Crippen molar-refractivity contribution in [2.45, 2.75) is 69.4 Å². The minimum absolute atomic E-state index is 0.0355. The first-order valence-electron chi connectivity index (χ1n) is 9.59. The molecular formula is C20H28F2N2O2. The number of anilines is 1. The van der Waals surface area contributed by atoms with E-state index in [4.69, 9.17) is 0 Å². The molecule has 1 saturated heterocycles. The Morgan fingerprint density at radius 2 is 1.85 bits per heavy atom. The number of carbonyl (C=O) groups excluding carboxylic acids is 1. The summed E-state index contributed by atoms with van der Waals surface area (Å²) in [5.41, 5.74) is -0.389. The van der Waals surface area contributed by atoms with E-state index in [0.29, 0.717) is 12.8 Å². The molecule has 3 rings (SSSR count). The van der Waals surface area contributed by atoms with Crippen LogP contribution in [0.15, 0.2) is 24.3 Å². The number of amides is 1. The fourth-order valence-corrected chi connectivity index (χ4v) is 4.00. The SMILES string of the molecule is C[C@H](NC(=O)C(F)(F)C1(O)CCCCC1)c1cccc(N2CCCC2)c1. The number of halogens is 2. The van der Waals surface area contributed by atoms with Gasteiger partial charge in [0.1, 0.15) is 5.60 Å². The van der Waals surface area contributed by atoms with Gasteiger partial charge in [0.25, 0.3) is 5.91 Å². The van der Waals surface area contributed by atoms with Crippen LogP contribution in [0, 0.1) is 0 Å². The molecule has 2 fully saturated rings. The minimum atomic E-state index is -3.78. The summed E-state index contributed by atoms with van der Waals surface area (Å²) in [6.45, 7) is 3.69. The third kappa shape index (κ3) is 3.70. The Labute approximate surface area is 153 Å². The first kappa shape index (κ1) is 19.1. The van der Waals surface area contributed by atoms with Gasteiger partial charge in [-0.1, -0.05) is 31.4 Å². The van der Waals surface area contributed by atoms with E-state index < -0.39 is 23.5 Å². The molecule has 6 heteroatoms. The van der Waals surface area contributed by atoms with Crippen LogP contribution in [0.25, 0.3) is 0 Å². The molecule has 144 valence electrons. The van der Waals surface area contributed by atoms with Crippen LogP contribution in [0.2, 0.25) is 0 Å². The first-order chi connectivity index (χ1) is 12.3. The predicted octanol–water partition coefficient (Wildman–Crippen LogP) is 3.79. The van der Waals surface area contributed by atoms with Crippen LogP contribution in [0.4, 0.5) is 14.5 Å². The number of nitrogens with one attached hydrogen (secondary N) is 1. The van der Waals surface area contributed by atoms with E-state index in [9.17, 15) is 18.7 Å². The third-order valence-corrected chi connectivity index (χ3v) is 5.74. The molecule has 2 N–H and O–H groups in total. The highest BCUT2D eigenvalue weighted by Crippen LogP contribution is 2.41. The number of rotatable bonds is 5. The van der Waals surface area contributed by atoms with Gasteiger partial charge in [0.15, 0.2) is 0 Å². The largest absolute Gasteiger partial charge is 0.383 e. The van der Waals surface area contributed by atoms with Gasteiger partial charge >= 0.3 is 5.92 Å². The van der Waals surface area contributed by atoms with Gasteiger partial charge in [0, 0.05) is 18.8 Å². The molecule has 1 aromatic carbocycles. The van der Waals surface area contributed by atoms with Gasteiger partial charge in [-0.15, -0.1) is 0 Å². The summed E-state index contributed by atoms with van der Waals surface area (Å²) in [6.07, 6.45) is 4.10.